The minimum Gasteiger partial charge on any atom is -0.489 e. The van der Waals surface area contributed by atoms with E-state index in [0.717, 1.165) is 6.42 Å². The van der Waals surface area contributed by atoms with Crippen molar-refractivity contribution >= 4 is 40.8 Å². The number of nitrogens with zero attached hydrogens (tertiary/aromatic N) is 4. The minimum absolute atomic E-state index is 0.0186. The van der Waals surface area contributed by atoms with Gasteiger partial charge in [0.25, 0.3) is 5.91 Å². The predicted molar refractivity (Wildman–Crippen MR) is 146 cm³/mol. The number of piperazine rings is 1. The van der Waals surface area contributed by atoms with Crippen molar-refractivity contribution in [2.24, 2.45) is 0 Å². The van der Waals surface area contributed by atoms with Crippen molar-refractivity contribution < 1.29 is 18.7 Å². The van der Waals surface area contributed by atoms with Crippen LogP contribution in [-0.2, 0) is 4.79 Å². The summed E-state index contributed by atoms with van der Waals surface area (Å²) in [4.78, 5) is 36.7. The third-order valence-corrected chi connectivity index (χ3v) is 8.35. The molecule has 0 aliphatic carbocycles. The highest BCUT2D eigenvalue weighted by Gasteiger charge is 2.45. The summed E-state index contributed by atoms with van der Waals surface area (Å²) in [5.74, 6) is -0.546. The van der Waals surface area contributed by atoms with Gasteiger partial charge in [-0.05, 0) is 45.5 Å². The maximum atomic E-state index is 15.1. The summed E-state index contributed by atoms with van der Waals surface area (Å²) >= 11 is 13.3. The standard InChI is InChI=1S/C27H30Cl2FN5O3/c1-5-19(36)33-9-10-34-16(13-33)14-38-24-21(26(34)37)25(35-12-15(31-4)11-27(35,2)3)32-23(22(24)29)20-17(28)7-6-8-18(20)30/h5-8,15-16,31H,1,9-14H2,2-4H3/t15?,16-/m1/s1. The van der Waals surface area contributed by atoms with Crippen molar-refractivity contribution in [1.29, 1.82) is 0 Å². The Labute approximate surface area is 231 Å². The average molecular weight is 562 g/mol. The zero-order chi connectivity index (χ0) is 27.4. The maximum absolute atomic E-state index is 15.1. The lowest BCUT2D eigenvalue weighted by atomic mass is 9.99. The second kappa shape index (κ2) is 10.0. The Hall–Kier alpha value is -2.88. The monoisotopic (exact) mass is 561 g/mol. The summed E-state index contributed by atoms with van der Waals surface area (Å²) in [7, 11) is 1.90. The molecular formula is C27H30Cl2FN5O3. The summed E-state index contributed by atoms with van der Waals surface area (Å²) in [6, 6.07) is 4.13. The Morgan fingerprint density at radius 1 is 1.26 bits per heavy atom. The van der Waals surface area contributed by atoms with Gasteiger partial charge < -0.3 is 24.8 Å². The first-order valence-corrected chi connectivity index (χ1v) is 13.3. The number of hydrogen-bond donors (Lipinski definition) is 1. The number of rotatable bonds is 4. The molecule has 2 aromatic rings. The number of benzene rings is 1. The van der Waals surface area contributed by atoms with E-state index in [9.17, 15) is 9.59 Å². The van der Waals surface area contributed by atoms with Crippen LogP contribution in [0, 0.1) is 5.82 Å². The molecule has 2 fully saturated rings. The van der Waals surface area contributed by atoms with E-state index in [1.54, 1.807) is 15.9 Å². The van der Waals surface area contributed by atoms with E-state index < -0.39 is 11.9 Å². The van der Waals surface area contributed by atoms with Crippen LogP contribution in [0.25, 0.3) is 11.3 Å². The first-order chi connectivity index (χ1) is 18.1. The maximum Gasteiger partial charge on any atom is 0.261 e. The van der Waals surface area contributed by atoms with E-state index in [0.29, 0.717) is 32.0 Å². The second-order valence-corrected chi connectivity index (χ2v) is 11.2. The summed E-state index contributed by atoms with van der Waals surface area (Å²) in [5.41, 5.74) is 0.0242. The van der Waals surface area contributed by atoms with Gasteiger partial charge in [0.1, 0.15) is 28.8 Å². The predicted octanol–water partition coefficient (Wildman–Crippen LogP) is 4.00. The van der Waals surface area contributed by atoms with Gasteiger partial charge in [-0.15, -0.1) is 0 Å². The van der Waals surface area contributed by atoms with Crippen LogP contribution < -0.4 is 15.0 Å². The number of hydrogen-bond acceptors (Lipinski definition) is 6. The SMILES string of the molecule is C=CC(=O)N1CCN2C(=O)c3c(N4CC(NC)CC4(C)C)nc(-c4c(F)cccc4Cl)c(Cl)c3OC[C@H]2C1. The van der Waals surface area contributed by atoms with E-state index >= 15 is 4.39 Å². The number of aromatic nitrogens is 1. The van der Waals surface area contributed by atoms with Crippen molar-refractivity contribution in [1.82, 2.24) is 20.1 Å². The summed E-state index contributed by atoms with van der Waals surface area (Å²) in [6.45, 7) is 9.41. The van der Waals surface area contributed by atoms with Crippen LogP contribution in [0.4, 0.5) is 10.2 Å². The molecule has 11 heteroatoms. The highest BCUT2D eigenvalue weighted by atomic mass is 35.5. The normalized spacial score (nSPS) is 22.5. The molecule has 0 saturated carbocycles. The third kappa shape index (κ3) is 4.40. The molecule has 38 heavy (non-hydrogen) atoms. The first-order valence-electron chi connectivity index (χ1n) is 12.5. The molecule has 1 unspecified atom stereocenters. The van der Waals surface area contributed by atoms with Gasteiger partial charge in [-0.25, -0.2) is 9.37 Å². The molecule has 0 bridgehead atoms. The molecule has 3 aliphatic heterocycles. The van der Waals surface area contributed by atoms with Gasteiger partial charge in [0.05, 0.1) is 22.3 Å². The zero-order valence-electron chi connectivity index (χ0n) is 21.6. The van der Waals surface area contributed by atoms with E-state index in [-0.39, 0.29) is 62.6 Å². The molecule has 8 nitrogen and oxygen atoms in total. The molecule has 5 rings (SSSR count). The van der Waals surface area contributed by atoms with Crippen LogP contribution in [0.3, 0.4) is 0 Å². The molecule has 1 aromatic heterocycles. The number of nitrogens with one attached hydrogen (secondary N) is 1. The lowest BCUT2D eigenvalue weighted by Gasteiger charge is -2.40. The third-order valence-electron chi connectivity index (χ3n) is 7.68. The molecule has 0 radical (unpaired) electrons. The fourth-order valence-electron chi connectivity index (χ4n) is 5.67. The highest BCUT2D eigenvalue weighted by molar-refractivity contribution is 6.37. The Kier molecular flexibility index (Phi) is 7.04. The van der Waals surface area contributed by atoms with Gasteiger partial charge >= 0.3 is 0 Å². The van der Waals surface area contributed by atoms with Crippen LogP contribution in [0.15, 0.2) is 30.9 Å². The first kappa shape index (κ1) is 26.7. The fourth-order valence-corrected chi connectivity index (χ4v) is 6.21. The van der Waals surface area contributed by atoms with Crippen LogP contribution in [0.2, 0.25) is 10.0 Å². The number of pyridine rings is 1. The Balaban J connectivity index is 1.70. The number of anilines is 1. The van der Waals surface area contributed by atoms with E-state index in [1.807, 2.05) is 7.05 Å². The topological polar surface area (TPSA) is 78.0 Å². The van der Waals surface area contributed by atoms with E-state index in [2.05, 4.69) is 30.6 Å². The summed E-state index contributed by atoms with van der Waals surface area (Å²) in [5, 5.41) is 3.48. The van der Waals surface area contributed by atoms with Gasteiger partial charge in [-0.1, -0.05) is 35.8 Å². The number of halogens is 3. The summed E-state index contributed by atoms with van der Waals surface area (Å²) in [6.07, 6.45) is 2.07. The molecule has 2 atom stereocenters. The Morgan fingerprint density at radius 2 is 2.03 bits per heavy atom. The highest BCUT2D eigenvalue weighted by Crippen LogP contribution is 2.47. The van der Waals surface area contributed by atoms with Crippen molar-refractivity contribution in [3.8, 4) is 17.0 Å². The number of ether oxygens (including phenoxy) is 1. The van der Waals surface area contributed by atoms with Crippen LogP contribution in [0.5, 0.6) is 5.75 Å². The largest absolute Gasteiger partial charge is 0.489 e. The molecule has 2 saturated heterocycles. The summed E-state index contributed by atoms with van der Waals surface area (Å²) < 4.78 is 21.3. The van der Waals surface area contributed by atoms with Crippen molar-refractivity contribution in [3.63, 3.8) is 0 Å². The van der Waals surface area contributed by atoms with Crippen molar-refractivity contribution in [2.75, 3.05) is 44.7 Å². The molecule has 1 aromatic carbocycles. The molecule has 2 amide bonds. The van der Waals surface area contributed by atoms with Crippen molar-refractivity contribution in [3.05, 3.63) is 52.3 Å². The van der Waals surface area contributed by atoms with Crippen LogP contribution in [-0.4, -0.2) is 84.1 Å². The second-order valence-electron chi connectivity index (χ2n) is 10.5. The molecule has 0 spiro atoms. The molecular weight excluding hydrogens is 532 g/mol. The number of fused-ring (bicyclic) bond motifs is 2. The fraction of sp³-hybridized carbons (Fsp3) is 0.444. The molecule has 3 aliphatic rings. The number of likely N-dealkylation sites (N-methyl/N-ethyl adjacent to an activating group) is 1. The molecule has 1 N–H and O–H groups in total. The van der Waals surface area contributed by atoms with E-state index in [4.69, 9.17) is 32.9 Å². The van der Waals surface area contributed by atoms with Gasteiger partial charge in [0, 0.05) is 37.8 Å². The Bertz CT molecular complexity index is 1300. The quantitative estimate of drug-likeness (QED) is 0.568. The smallest absolute Gasteiger partial charge is 0.261 e. The van der Waals surface area contributed by atoms with Crippen LogP contribution >= 0.6 is 23.2 Å². The van der Waals surface area contributed by atoms with Crippen molar-refractivity contribution in [2.45, 2.75) is 37.9 Å². The number of amides is 2. The van der Waals surface area contributed by atoms with Gasteiger partial charge in [0.2, 0.25) is 5.91 Å². The molecule has 202 valence electrons. The number of carbonyl (C=O) groups excluding carboxylic acids is 2. The van der Waals surface area contributed by atoms with Gasteiger partial charge in [-0.2, -0.15) is 0 Å². The number of carbonyl (C=O) groups is 2. The average Bonchev–Trinajstić information content (AvgIpc) is 3.12. The van der Waals surface area contributed by atoms with Gasteiger partial charge in [0.15, 0.2) is 5.75 Å². The van der Waals surface area contributed by atoms with E-state index in [1.165, 1.54) is 18.2 Å². The lowest BCUT2D eigenvalue weighted by Crippen LogP contribution is -2.57. The molecule has 4 heterocycles. The van der Waals surface area contributed by atoms with Gasteiger partial charge in [-0.3, -0.25) is 9.59 Å². The van der Waals surface area contributed by atoms with Crippen LogP contribution in [0.1, 0.15) is 30.6 Å². The zero-order valence-corrected chi connectivity index (χ0v) is 23.1. The minimum atomic E-state index is -0.581. The lowest BCUT2D eigenvalue weighted by molar-refractivity contribution is -0.128. The Morgan fingerprint density at radius 3 is 2.68 bits per heavy atom.